The summed E-state index contributed by atoms with van der Waals surface area (Å²) in [6.45, 7) is 7.50. The van der Waals surface area contributed by atoms with Crippen LogP contribution in [0.1, 0.15) is 20.8 Å². The third-order valence-corrected chi connectivity index (χ3v) is 2.42. The number of aliphatic imine (C=N–C) groups is 1. The first kappa shape index (κ1) is 19.8. The molecule has 5 nitrogen and oxygen atoms in total. The lowest BCUT2D eigenvalue weighted by atomic mass is 10.1. The van der Waals surface area contributed by atoms with E-state index in [1.807, 2.05) is 24.3 Å². The molecule has 0 aliphatic rings. The van der Waals surface area contributed by atoms with Crippen molar-refractivity contribution in [2.75, 3.05) is 27.3 Å². The van der Waals surface area contributed by atoms with Gasteiger partial charge in [0.1, 0.15) is 18.1 Å². The number of hydrogen-bond donors (Lipinski definition) is 2. The van der Waals surface area contributed by atoms with Crippen LogP contribution in [0, 0.1) is 0 Å². The lowest BCUT2D eigenvalue weighted by molar-refractivity contribution is 0.318. The minimum Gasteiger partial charge on any atom is -0.497 e. The highest BCUT2D eigenvalue weighted by Gasteiger charge is 2.11. The van der Waals surface area contributed by atoms with Crippen LogP contribution in [0.4, 0.5) is 0 Å². The molecule has 120 valence electrons. The van der Waals surface area contributed by atoms with E-state index >= 15 is 0 Å². The van der Waals surface area contributed by atoms with Crippen LogP contribution in [0.25, 0.3) is 0 Å². The standard InChI is InChI=1S/C15H25N3O2.HI/c1-15(2,3)18-14(16-4)17-9-10-20-13-8-6-7-12(11-13)19-5;/h6-8,11H,9-10H2,1-5H3,(H2,16,17,18);1H. The molecule has 0 spiro atoms. The van der Waals surface area contributed by atoms with Gasteiger partial charge in [0.2, 0.25) is 0 Å². The Kier molecular flexibility index (Phi) is 9.16. The average molecular weight is 407 g/mol. The van der Waals surface area contributed by atoms with Gasteiger partial charge in [0.25, 0.3) is 0 Å². The number of hydrogen-bond acceptors (Lipinski definition) is 3. The zero-order valence-electron chi connectivity index (χ0n) is 13.4. The zero-order chi connectivity index (χ0) is 15.0. The van der Waals surface area contributed by atoms with Crippen molar-refractivity contribution < 1.29 is 9.47 Å². The van der Waals surface area contributed by atoms with Crippen molar-refractivity contribution in [2.45, 2.75) is 26.3 Å². The third-order valence-electron chi connectivity index (χ3n) is 2.42. The van der Waals surface area contributed by atoms with Crippen molar-refractivity contribution in [2.24, 2.45) is 4.99 Å². The number of rotatable bonds is 5. The van der Waals surface area contributed by atoms with Crippen molar-refractivity contribution >= 4 is 29.9 Å². The normalized spacial score (nSPS) is 11.4. The van der Waals surface area contributed by atoms with Crippen LogP contribution in [0.2, 0.25) is 0 Å². The fourth-order valence-electron chi connectivity index (χ4n) is 1.56. The summed E-state index contributed by atoms with van der Waals surface area (Å²) in [5.41, 5.74) is -0.0184. The van der Waals surface area contributed by atoms with Gasteiger partial charge < -0.3 is 20.1 Å². The molecule has 0 unspecified atom stereocenters. The molecule has 0 saturated heterocycles. The topological polar surface area (TPSA) is 54.9 Å². The Labute approximate surface area is 144 Å². The van der Waals surface area contributed by atoms with Gasteiger partial charge in [0, 0.05) is 18.7 Å². The van der Waals surface area contributed by atoms with Crippen LogP contribution in [0.5, 0.6) is 11.5 Å². The summed E-state index contributed by atoms with van der Waals surface area (Å²) in [7, 11) is 3.40. The lowest BCUT2D eigenvalue weighted by Crippen LogP contribution is -2.48. The van der Waals surface area contributed by atoms with E-state index in [0.29, 0.717) is 13.2 Å². The van der Waals surface area contributed by atoms with E-state index in [2.05, 4.69) is 36.4 Å². The van der Waals surface area contributed by atoms with Crippen LogP contribution >= 0.6 is 24.0 Å². The van der Waals surface area contributed by atoms with E-state index in [9.17, 15) is 0 Å². The van der Waals surface area contributed by atoms with Crippen molar-refractivity contribution in [3.63, 3.8) is 0 Å². The van der Waals surface area contributed by atoms with Crippen molar-refractivity contribution in [3.8, 4) is 11.5 Å². The van der Waals surface area contributed by atoms with Crippen LogP contribution in [0.15, 0.2) is 29.3 Å². The Hall–Kier alpha value is -1.18. The molecule has 0 amide bonds. The first-order valence-corrected chi connectivity index (χ1v) is 6.70. The molecule has 1 aromatic carbocycles. The number of methoxy groups -OCH3 is 1. The van der Waals surface area contributed by atoms with Gasteiger partial charge in [-0.2, -0.15) is 0 Å². The average Bonchev–Trinajstić information content (AvgIpc) is 2.41. The Morgan fingerprint density at radius 3 is 2.48 bits per heavy atom. The monoisotopic (exact) mass is 407 g/mol. The maximum absolute atomic E-state index is 5.65. The maximum atomic E-state index is 5.65. The van der Waals surface area contributed by atoms with E-state index in [1.165, 1.54) is 0 Å². The highest BCUT2D eigenvalue weighted by atomic mass is 127. The second-order valence-corrected chi connectivity index (χ2v) is 5.40. The van der Waals surface area contributed by atoms with Gasteiger partial charge in [-0.3, -0.25) is 4.99 Å². The van der Waals surface area contributed by atoms with E-state index < -0.39 is 0 Å². The first-order valence-electron chi connectivity index (χ1n) is 6.70. The summed E-state index contributed by atoms with van der Waals surface area (Å²) in [6.07, 6.45) is 0. The Morgan fingerprint density at radius 1 is 1.24 bits per heavy atom. The number of nitrogens with zero attached hydrogens (tertiary/aromatic N) is 1. The largest absolute Gasteiger partial charge is 0.497 e. The molecule has 0 aliphatic carbocycles. The highest BCUT2D eigenvalue weighted by molar-refractivity contribution is 14.0. The van der Waals surface area contributed by atoms with Gasteiger partial charge in [-0.05, 0) is 32.9 Å². The minimum atomic E-state index is -0.0184. The van der Waals surface area contributed by atoms with Gasteiger partial charge in [-0.1, -0.05) is 6.07 Å². The molecule has 0 aromatic heterocycles. The van der Waals surface area contributed by atoms with Gasteiger partial charge in [0.05, 0.1) is 13.7 Å². The van der Waals surface area contributed by atoms with Crippen molar-refractivity contribution in [1.29, 1.82) is 0 Å². The fourth-order valence-corrected chi connectivity index (χ4v) is 1.56. The summed E-state index contributed by atoms with van der Waals surface area (Å²) in [4.78, 5) is 4.16. The van der Waals surface area contributed by atoms with Crippen molar-refractivity contribution in [3.05, 3.63) is 24.3 Å². The second-order valence-electron chi connectivity index (χ2n) is 5.40. The molecule has 21 heavy (non-hydrogen) atoms. The van der Waals surface area contributed by atoms with Crippen LogP contribution in [-0.4, -0.2) is 38.8 Å². The summed E-state index contributed by atoms with van der Waals surface area (Å²) in [6, 6.07) is 7.56. The summed E-state index contributed by atoms with van der Waals surface area (Å²) in [5.74, 6) is 2.36. The first-order chi connectivity index (χ1) is 9.44. The van der Waals surface area contributed by atoms with E-state index in [4.69, 9.17) is 9.47 Å². The SMILES string of the molecule is CN=C(NCCOc1cccc(OC)c1)NC(C)(C)C.I. The Bertz CT molecular complexity index is 445. The number of nitrogens with one attached hydrogen (secondary N) is 2. The summed E-state index contributed by atoms with van der Waals surface area (Å²) < 4.78 is 10.8. The highest BCUT2D eigenvalue weighted by Crippen LogP contribution is 2.18. The molecular formula is C15H26IN3O2. The molecule has 2 N–H and O–H groups in total. The number of ether oxygens (including phenoxy) is 2. The molecule has 0 bridgehead atoms. The Morgan fingerprint density at radius 2 is 1.90 bits per heavy atom. The zero-order valence-corrected chi connectivity index (χ0v) is 15.7. The smallest absolute Gasteiger partial charge is 0.191 e. The quantitative estimate of drug-likeness (QED) is 0.341. The molecule has 0 heterocycles. The van der Waals surface area contributed by atoms with Crippen LogP contribution in [0.3, 0.4) is 0 Å². The summed E-state index contributed by atoms with van der Waals surface area (Å²) >= 11 is 0. The van der Waals surface area contributed by atoms with Crippen LogP contribution < -0.4 is 20.1 Å². The molecule has 1 aromatic rings. The molecular weight excluding hydrogens is 381 g/mol. The molecule has 0 saturated carbocycles. The third kappa shape index (κ3) is 8.64. The van der Waals surface area contributed by atoms with E-state index in [-0.39, 0.29) is 29.5 Å². The van der Waals surface area contributed by atoms with Crippen molar-refractivity contribution in [1.82, 2.24) is 10.6 Å². The second kappa shape index (κ2) is 9.70. The number of benzene rings is 1. The fraction of sp³-hybridized carbons (Fsp3) is 0.533. The molecule has 0 aliphatic heterocycles. The molecule has 0 atom stereocenters. The molecule has 0 fully saturated rings. The molecule has 1 rings (SSSR count). The minimum absolute atomic E-state index is 0. The number of halogens is 1. The molecule has 6 heteroatoms. The van der Waals surface area contributed by atoms with Gasteiger partial charge in [-0.25, -0.2) is 0 Å². The van der Waals surface area contributed by atoms with Gasteiger partial charge in [0.15, 0.2) is 5.96 Å². The Balaban J connectivity index is 0.00000400. The van der Waals surface area contributed by atoms with E-state index in [0.717, 1.165) is 17.5 Å². The predicted molar refractivity (Wildman–Crippen MR) is 98.2 cm³/mol. The lowest BCUT2D eigenvalue weighted by Gasteiger charge is -2.23. The van der Waals surface area contributed by atoms with E-state index in [1.54, 1.807) is 14.2 Å². The predicted octanol–water partition coefficient (Wildman–Crippen LogP) is 2.66. The van der Waals surface area contributed by atoms with Gasteiger partial charge in [-0.15, -0.1) is 24.0 Å². The van der Waals surface area contributed by atoms with Gasteiger partial charge >= 0.3 is 0 Å². The van der Waals surface area contributed by atoms with Crippen LogP contribution in [-0.2, 0) is 0 Å². The molecule has 0 radical (unpaired) electrons. The maximum Gasteiger partial charge on any atom is 0.191 e. The number of guanidine groups is 1. The summed E-state index contributed by atoms with van der Waals surface area (Å²) in [5, 5.41) is 6.49.